The molecule has 0 aromatic heterocycles. The third-order valence-corrected chi connectivity index (χ3v) is 4.38. The van der Waals surface area contributed by atoms with E-state index in [4.69, 9.17) is 9.47 Å². The zero-order valence-electron chi connectivity index (χ0n) is 17.4. The van der Waals surface area contributed by atoms with Crippen LogP contribution in [0.25, 0.3) is 6.08 Å². The summed E-state index contributed by atoms with van der Waals surface area (Å²) >= 11 is 0. The Labute approximate surface area is 184 Å². The summed E-state index contributed by atoms with van der Waals surface area (Å²) in [6.07, 6.45) is 1.34. The molecule has 0 fully saturated rings. The fraction of sp³-hybridized carbons (Fsp3) is 0.120. The van der Waals surface area contributed by atoms with Gasteiger partial charge in [-0.2, -0.15) is 0 Å². The third kappa shape index (κ3) is 6.18. The Morgan fingerprint density at radius 1 is 0.969 bits per heavy atom. The van der Waals surface area contributed by atoms with Gasteiger partial charge >= 0.3 is 5.97 Å². The molecule has 0 unspecified atom stereocenters. The highest BCUT2D eigenvalue weighted by molar-refractivity contribution is 6.02. The van der Waals surface area contributed by atoms with Gasteiger partial charge in [-0.05, 0) is 60.5 Å². The number of carboxylic acid groups (broad SMARTS) is 1. The lowest BCUT2D eigenvalue weighted by atomic mass is 10.1. The third-order valence-electron chi connectivity index (χ3n) is 4.38. The van der Waals surface area contributed by atoms with Crippen molar-refractivity contribution in [2.24, 2.45) is 0 Å². The topological polar surface area (TPSA) is 84.9 Å². The molecule has 0 saturated heterocycles. The van der Waals surface area contributed by atoms with E-state index in [0.717, 1.165) is 0 Å². The molecule has 32 heavy (non-hydrogen) atoms. The Morgan fingerprint density at radius 3 is 2.44 bits per heavy atom. The molecule has 3 aromatic carbocycles. The van der Waals surface area contributed by atoms with Gasteiger partial charge in [-0.15, -0.1) is 0 Å². The van der Waals surface area contributed by atoms with E-state index >= 15 is 0 Å². The molecule has 3 rings (SSSR count). The van der Waals surface area contributed by atoms with Crippen LogP contribution in [0.5, 0.6) is 11.5 Å². The standard InChI is InChI=1S/C25H22FNO5/c1-2-31-23-15-17(11-12-22(23)32-16-18-7-6-10-20(26)13-18)14-21(25(29)30)27-24(28)19-8-4-3-5-9-19/h3-15H,2,16H2,1H3,(H,27,28)(H,29,30). The number of nitrogens with one attached hydrogen (secondary N) is 1. The number of ether oxygens (including phenoxy) is 2. The Hall–Kier alpha value is -4.13. The number of hydrogen-bond donors (Lipinski definition) is 2. The van der Waals surface area contributed by atoms with E-state index in [2.05, 4.69) is 5.32 Å². The highest BCUT2D eigenvalue weighted by Crippen LogP contribution is 2.30. The maximum atomic E-state index is 13.4. The second-order valence-corrected chi connectivity index (χ2v) is 6.74. The fourth-order valence-electron chi connectivity index (χ4n) is 2.89. The molecule has 0 aliphatic carbocycles. The van der Waals surface area contributed by atoms with Crippen molar-refractivity contribution in [1.82, 2.24) is 5.32 Å². The quantitative estimate of drug-likeness (QED) is 0.478. The molecule has 0 aliphatic rings. The van der Waals surface area contributed by atoms with Crippen molar-refractivity contribution < 1.29 is 28.6 Å². The number of benzene rings is 3. The summed E-state index contributed by atoms with van der Waals surface area (Å²) in [7, 11) is 0. The van der Waals surface area contributed by atoms with Gasteiger partial charge in [-0.25, -0.2) is 9.18 Å². The second-order valence-electron chi connectivity index (χ2n) is 6.74. The number of amides is 1. The highest BCUT2D eigenvalue weighted by Gasteiger charge is 2.14. The minimum absolute atomic E-state index is 0.139. The Bertz CT molecular complexity index is 1130. The van der Waals surface area contributed by atoms with E-state index in [1.54, 1.807) is 60.7 Å². The van der Waals surface area contributed by atoms with E-state index in [9.17, 15) is 19.1 Å². The van der Waals surface area contributed by atoms with E-state index in [1.807, 2.05) is 6.92 Å². The molecular weight excluding hydrogens is 413 g/mol. The zero-order valence-corrected chi connectivity index (χ0v) is 17.4. The zero-order chi connectivity index (χ0) is 22.9. The molecule has 3 aromatic rings. The number of carbonyl (C=O) groups excluding carboxylic acids is 1. The summed E-state index contributed by atoms with van der Waals surface area (Å²) in [5.41, 5.74) is 1.22. The minimum atomic E-state index is -1.28. The Kier molecular flexibility index (Phi) is 7.59. The molecule has 1 amide bonds. The van der Waals surface area contributed by atoms with Crippen LogP contribution < -0.4 is 14.8 Å². The fourth-order valence-corrected chi connectivity index (χ4v) is 2.89. The molecule has 0 spiro atoms. The van der Waals surface area contributed by atoms with Crippen LogP contribution in [0.3, 0.4) is 0 Å². The predicted octanol–water partition coefficient (Wildman–Crippen LogP) is 4.66. The first-order valence-electron chi connectivity index (χ1n) is 9.91. The van der Waals surface area contributed by atoms with E-state index in [-0.39, 0.29) is 18.1 Å². The molecule has 7 heteroatoms. The number of hydrogen-bond acceptors (Lipinski definition) is 4. The number of carboxylic acids is 1. The average molecular weight is 435 g/mol. The Balaban J connectivity index is 1.80. The van der Waals surface area contributed by atoms with Gasteiger partial charge in [0.25, 0.3) is 5.91 Å². The summed E-state index contributed by atoms with van der Waals surface area (Å²) < 4.78 is 24.7. The molecule has 2 N–H and O–H groups in total. The van der Waals surface area contributed by atoms with Gasteiger partial charge in [0.05, 0.1) is 6.61 Å². The Morgan fingerprint density at radius 2 is 1.75 bits per heavy atom. The molecule has 0 saturated carbocycles. The van der Waals surface area contributed by atoms with Gasteiger partial charge in [0.1, 0.15) is 18.1 Å². The monoisotopic (exact) mass is 435 g/mol. The van der Waals surface area contributed by atoms with Crippen molar-refractivity contribution in [2.45, 2.75) is 13.5 Å². The van der Waals surface area contributed by atoms with E-state index in [1.165, 1.54) is 18.2 Å². The molecule has 0 atom stereocenters. The predicted molar refractivity (Wildman–Crippen MR) is 118 cm³/mol. The average Bonchev–Trinajstić information content (AvgIpc) is 2.79. The maximum Gasteiger partial charge on any atom is 0.352 e. The number of rotatable bonds is 9. The summed E-state index contributed by atoms with van der Waals surface area (Å²) in [5.74, 6) is -1.33. The number of aliphatic carboxylic acids is 1. The molecule has 164 valence electrons. The molecular formula is C25H22FNO5. The summed E-state index contributed by atoms with van der Waals surface area (Å²) in [4.78, 5) is 24.0. The first kappa shape index (κ1) is 22.6. The molecule has 0 radical (unpaired) electrons. The minimum Gasteiger partial charge on any atom is -0.490 e. The molecule has 0 heterocycles. The van der Waals surface area contributed by atoms with Crippen molar-refractivity contribution in [2.75, 3.05) is 6.61 Å². The van der Waals surface area contributed by atoms with Crippen LogP contribution in [-0.4, -0.2) is 23.6 Å². The van der Waals surface area contributed by atoms with Crippen LogP contribution in [0.15, 0.2) is 78.5 Å². The van der Waals surface area contributed by atoms with Crippen LogP contribution >= 0.6 is 0 Å². The highest BCUT2D eigenvalue weighted by atomic mass is 19.1. The number of halogens is 1. The van der Waals surface area contributed by atoms with E-state index < -0.39 is 11.9 Å². The first-order chi connectivity index (χ1) is 15.5. The van der Waals surface area contributed by atoms with Gasteiger partial charge in [0.2, 0.25) is 0 Å². The van der Waals surface area contributed by atoms with E-state index in [0.29, 0.717) is 34.8 Å². The first-order valence-corrected chi connectivity index (χ1v) is 9.91. The number of carbonyl (C=O) groups is 2. The van der Waals surface area contributed by atoms with Crippen molar-refractivity contribution in [1.29, 1.82) is 0 Å². The van der Waals surface area contributed by atoms with Crippen LogP contribution in [0.2, 0.25) is 0 Å². The van der Waals surface area contributed by atoms with Crippen molar-refractivity contribution >= 4 is 18.0 Å². The van der Waals surface area contributed by atoms with Crippen LogP contribution in [0, 0.1) is 5.82 Å². The van der Waals surface area contributed by atoms with Gasteiger partial charge in [0, 0.05) is 5.56 Å². The van der Waals surface area contributed by atoms with Crippen molar-refractivity contribution in [3.8, 4) is 11.5 Å². The van der Waals surface area contributed by atoms with Gasteiger partial charge in [-0.3, -0.25) is 4.79 Å². The largest absolute Gasteiger partial charge is 0.490 e. The lowest BCUT2D eigenvalue weighted by Gasteiger charge is -2.13. The smallest absolute Gasteiger partial charge is 0.352 e. The van der Waals surface area contributed by atoms with Crippen LogP contribution in [0.1, 0.15) is 28.4 Å². The van der Waals surface area contributed by atoms with Crippen LogP contribution in [0.4, 0.5) is 4.39 Å². The lowest BCUT2D eigenvalue weighted by Crippen LogP contribution is -2.27. The van der Waals surface area contributed by atoms with Crippen molar-refractivity contribution in [3.05, 3.63) is 101 Å². The van der Waals surface area contributed by atoms with Crippen molar-refractivity contribution in [3.63, 3.8) is 0 Å². The lowest BCUT2D eigenvalue weighted by molar-refractivity contribution is -0.132. The summed E-state index contributed by atoms with van der Waals surface area (Å²) in [6, 6.07) is 19.3. The maximum absolute atomic E-state index is 13.4. The summed E-state index contributed by atoms with van der Waals surface area (Å²) in [5, 5.41) is 11.9. The summed E-state index contributed by atoms with van der Waals surface area (Å²) in [6.45, 7) is 2.31. The van der Waals surface area contributed by atoms with Gasteiger partial charge in [0.15, 0.2) is 11.5 Å². The molecule has 6 nitrogen and oxygen atoms in total. The molecule has 0 bridgehead atoms. The normalized spacial score (nSPS) is 11.0. The van der Waals surface area contributed by atoms with Gasteiger partial charge in [-0.1, -0.05) is 36.4 Å². The molecule has 0 aliphatic heterocycles. The van der Waals surface area contributed by atoms with Crippen LogP contribution in [-0.2, 0) is 11.4 Å². The SMILES string of the molecule is CCOc1cc(C=C(NC(=O)c2ccccc2)C(=O)O)ccc1OCc1cccc(F)c1. The second kappa shape index (κ2) is 10.8. The van der Waals surface area contributed by atoms with Gasteiger partial charge < -0.3 is 19.9 Å².